The average Bonchev–Trinajstić information content (AvgIpc) is 3.26. The quantitative estimate of drug-likeness (QED) is 0.424. The normalized spacial score (nSPS) is 35.1. The number of carbonyl (C=O) groups is 1. The van der Waals surface area contributed by atoms with Crippen LogP contribution in [0, 0.1) is 5.41 Å². The van der Waals surface area contributed by atoms with Gasteiger partial charge in [-0.15, -0.1) is 0 Å². The highest BCUT2D eigenvalue weighted by Crippen LogP contribution is 2.71. The molecule has 2 saturated heterocycles. The van der Waals surface area contributed by atoms with Gasteiger partial charge >= 0.3 is 0 Å². The maximum atomic E-state index is 14.2. The number of rotatable bonds is 8. The maximum absolute atomic E-state index is 14.2. The van der Waals surface area contributed by atoms with Crippen LogP contribution < -0.4 is 5.32 Å². The second-order valence-electron chi connectivity index (χ2n) is 13.2. The maximum Gasteiger partial charge on any atom is 0.252 e. The van der Waals surface area contributed by atoms with E-state index in [4.69, 9.17) is 28.2 Å². The molecule has 6 aliphatic rings. The average molecular weight is 618 g/mol. The fourth-order valence-electron chi connectivity index (χ4n) is 7.96. The van der Waals surface area contributed by atoms with E-state index in [0.29, 0.717) is 48.6 Å². The van der Waals surface area contributed by atoms with Gasteiger partial charge in [0.2, 0.25) is 15.9 Å². The van der Waals surface area contributed by atoms with E-state index in [1.807, 2.05) is 20.8 Å². The molecule has 220 valence electrons. The summed E-state index contributed by atoms with van der Waals surface area (Å²) in [5.41, 5.74) is -0.772. The summed E-state index contributed by atoms with van der Waals surface area (Å²) in [7, 11) is -3.53. The molecule has 3 aliphatic carbocycles. The van der Waals surface area contributed by atoms with Crippen molar-refractivity contribution in [3.63, 3.8) is 0 Å². The molecule has 1 N–H and O–H groups in total. The highest BCUT2D eigenvalue weighted by atomic mass is 35.5. The molecule has 7 rings (SSSR count). The molecule has 3 atom stereocenters. The van der Waals surface area contributed by atoms with Crippen LogP contribution in [0.1, 0.15) is 77.7 Å². The number of amides is 1. The Bertz CT molecular complexity index is 1350. The van der Waals surface area contributed by atoms with E-state index in [2.05, 4.69) is 5.32 Å². The lowest BCUT2D eigenvalue weighted by Gasteiger charge is -2.73. The number of piperidine rings is 1. The van der Waals surface area contributed by atoms with Gasteiger partial charge in [-0.1, -0.05) is 36.2 Å². The van der Waals surface area contributed by atoms with E-state index >= 15 is 0 Å². The number of aliphatic imine (C=N–C) groups is 1. The zero-order valence-corrected chi connectivity index (χ0v) is 25.4. The van der Waals surface area contributed by atoms with Gasteiger partial charge < -0.3 is 10.2 Å². The van der Waals surface area contributed by atoms with E-state index < -0.39 is 45.1 Å². The first-order chi connectivity index (χ1) is 18.6. The van der Waals surface area contributed by atoms with Crippen LogP contribution in [-0.4, -0.2) is 70.2 Å². The van der Waals surface area contributed by atoms with Crippen LogP contribution in [0.4, 0.5) is 8.78 Å². The van der Waals surface area contributed by atoms with Crippen LogP contribution in [0.2, 0.25) is 10.0 Å². The summed E-state index contributed by atoms with van der Waals surface area (Å²) in [6.07, 6.45) is 3.04. The molecule has 1 aromatic carbocycles. The third-order valence-corrected chi connectivity index (χ3v) is 12.6. The lowest BCUT2D eigenvalue weighted by Crippen LogP contribution is -2.78. The number of carbonyl (C=O) groups excluding carboxylic acids is 1. The summed E-state index contributed by atoms with van der Waals surface area (Å²) < 4.78 is 56.8. The van der Waals surface area contributed by atoms with Crippen LogP contribution in [0.3, 0.4) is 0 Å². The number of nitrogens with zero attached hydrogens (tertiary/aromatic N) is 3. The number of amidine groups is 1. The molecule has 7 nitrogen and oxygen atoms in total. The van der Waals surface area contributed by atoms with Gasteiger partial charge in [0.1, 0.15) is 11.9 Å². The molecule has 3 saturated carbocycles. The standard InChI is InChI=1S/C28H36Cl2F2N4O3S/c1-4-9-40(38,39)35(13-17-5-8-20(29)21(30)10-17)27-14-26(15-27,16-27)24-33-22(25(2,3)34-24)23(37)36-18-6-7-19(36)12-28(31,32)11-18/h5,8,10,18-19,22H,4,6-7,9,11-16H2,1-3H3,(H,33,34)/t18?,19?,22-,26?,27?/m0/s1. The summed E-state index contributed by atoms with van der Waals surface area (Å²) >= 11 is 12.3. The number of alkyl halides is 2. The van der Waals surface area contributed by atoms with E-state index in [1.54, 1.807) is 27.4 Å². The fourth-order valence-corrected chi connectivity index (χ4v) is 10.1. The summed E-state index contributed by atoms with van der Waals surface area (Å²) in [6.45, 7) is 5.87. The molecule has 3 aliphatic heterocycles. The lowest BCUT2D eigenvalue weighted by atomic mass is 9.38. The second kappa shape index (κ2) is 9.25. The molecule has 4 bridgehead atoms. The Kier molecular flexibility index (Phi) is 6.62. The molecule has 12 heteroatoms. The molecule has 1 amide bonds. The van der Waals surface area contributed by atoms with E-state index in [9.17, 15) is 22.0 Å². The monoisotopic (exact) mass is 616 g/mol. The number of halogens is 4. The minimum absolute atomic E-state index is 0.0586. The lowest BCUT2D eigenvalue weighted by molar-refractivity contribution is -0.151. The van der Waals surface area contributed by atoms with Crippen LogP contribution in [-0.2, 0) is 21.4 Å². The smallest absolute Gasteiger partial charge is 0.252 e. The first kappa shape index (κ1) is 28.6. The van der Waals surface area contributed by atoms with Crippen LogP contribution in [0.25, 0.3) is 0 Å². The molecule has 0 aromatic heterocycles. The molecular weight excluding hydrogens is 581 g/mol. The van der Waals surface area contributed by atoms with Crippen molar-refractivity contribution in [1.82, 2.24) is 14.5 Å². The SMILES string of the molecule is CCCS(=O)(=O)N(Cc1ccc(Cl)c(Cl)c1)C12CC(C3=NC(C)(C)[C@H](C(=O)N4C5CCC4CC(F)(F)C5)N3)(C1)C2. The predicted octanol–water partition coefficient (Wildman–Crippen LogP) is 5.40. The van der Waals surface area contributed by atoms with Gasteiger partial charge in [-0.25, -0.2) is 17.2 Å². The van der Waals surface area contributed by atoms with Crippen LogP contribution in [0.5, 0.6) is 0 Å². The Labute approximate surface area is 244 Å². The Morgan fingerprint density at radius 2 is 1.75 bits per heavy atom. The molecule has 40 heavy (non-hydrogen) atoms. The molecular formula is C28H36Cl2F2N4O3S. The topological polar surface area (TPSA) is 82.1 Å². The van der Waals surface area contributed by atoms with Crippen molar-refractivity contribution in [3.8, 4) is 0 Å². The molecule has 2 unspecified atom stereocenters. The first-order valence-corrected chi connectivity index (χ1v) is 16.5. The van der Waals surface area contributed by atoms with Crippen molar-refractivity contribution in [2.45, 2.75) is 114 Å². The van der Waals surface area contributed by atoms with Crippen molar-refractivity contribution < 1.29 is 22.0 Å². The van der Waals surface area contributed by atoms with Gasteiger partial charge in [0.05, 0.1) is 21.3 Å². The summed E-state index contributed by atoms with van der Waals surface area (Å²) in [6, 6.07) is 3.71. The first-order valence-electron chi connectivity index (χ1n) is 14.1. The zero-order valence-electron chi connectivity index (χ0n) is 23.0. The van der Waals surface area contributed by atoms with Crippen LogP contribution in [0.15, 0.2) is 23.2 Å². The van der Waals surface area contributed by atoms with Gasteiger partial charge in [0.15, 0.2) is 0 Å². The van der Waals surface area contributed by atoms with Gasteiger partial charge in [-0.2, -0.15) is 4.31 Å². The summed E-state index contributed by atoms with van der Waals surface area (Å²) in [4.78, 5) is 20.4. The molecule has 1 aromatic rings. The Hall–Kier alpha value is -1.49. The second-order valence-corrected chi connectivity index (χ2v) is 16.0. The van der Waals surface area contributed by atoms with Gasteiger partial charge in [0, 0.05) is 42.4 Å². The van der Waals surface area contributed by atoms with Crippen LogP contribution >= 0.6 is 23.2 Å². The minimum atomic E-state index is -3.53. The third kappa shape index (κ3) is 4.47. The Balaban J connectivity index is 1.18. The van der Waals surface area contributed by atoms with Crippen molar-refractivity contribution in [3.05, 3.63) is 33.8 Å². The molecule has 5 fully saturated rings. The van der Waals surface area contributed by atoms with Crippen molar-refractivity contribution >= 4 is 45.0 Å². The third-order valence-electron chi connectivity index (χ3n) is 9.72. The number of fused-ring (bicyclic) bond motifs is 2. The molecule has 0 spiro atoms. The number of hydrogen-bond acceptors (Lipinski definition) is 5. The van der Waals surface area contributed by atoms with Crippen molar-refractivity contribution in [2.75, 3.05) is 5.75 Å². The summed E-state index contributed by atoms with van der Waals surface area (Å²) in [5, 5.41) is 4.20. The van der Waals surface area contributed by atoms with Gasteiger partial charge in [-0.05, 0) is 70.1 Å². The number of sulfonamides is 1. The largest absolute Gasteiger partial charge is 0.360 e. The number of benzene rings is 1. The number of nitrogens with one attached hydrogen (secondary N) is 1. The summed E-state index contributed by atoms with van der Waals surface area (Å²) in [5.74, 6) is -2.07. The predicted molar refractivity (Wildman–Crippen MR) is 151 cm³/mol. The van der Waals surface area contributed by atoms with E-state index in [0.717, 1.165) is 11.4 Å². The Morgan fingerprint density at radius 1 is 1.12 bits per heavy atom. The Morgan fingerprint density at radius 3 is 2.33 bits per heavy atom. The highest BCUT2D eigenvalue weighted by Gasteiger charge is 2.75. The molecule has 0 radical (unpaired) electrons. The van der Waals surface area contributed by atoms with Gasteiger partial charge in [-0.3, -0.25) is 9.79 Å². The van der Waals surface area contributed by atoms with Gasteiger partial charge in [0.25, 0.3) is 5.92 Å². The van der Waals surface area contributed by atoms with Crippen molar-refractivity contribution in [1.29, 1.82) is 0 Å². The number of hydrogen-bond donors (Lipinski definition) is 1. The minimum Gasteiger partial charge on any atom is -0.360 e. The van der Waals surface area contributed by atoms with E-state index in [-0.39, 0.29) is 36.5 Å². The highest BCUT2D eigenvalue weighted by molar-refractivity contribution is 7.89. The fraction of sp³-hybridized carbons (Fsp3) is 0.714. The van der Waals surface area contributed by atoms with E-state index in [1.165, 1.54) is 0 Å². The zero-order chi connectivity index (χ0) is 28.9. The van der Waals surface area contributed by atoms with Crippen molar-refractivity contribution in [2.24, 2.45) is 10.4 Å². The molecule has 3 heterocycles.